The highest BCUT2D eigenvalue weighted by atomic mass is 79.9. The van der Waals surface area contributed by atoms with Gasteiger partial charge in [-0.3, -0.25) is 0 Å². The lowest BCUT2D eigenvalue weighted by Crippen LogP contribution is -1.89. The average molecular weight is 239 g/mol. The predicted molar refractivity (Wildman–Crippen MR) is 45.0 cm³/mol. The lowest BCUT2D eigenvalue weighted by molar-refractivity contribution is 0.275. The minimum Gasteiger partial charge on any atom is -0.392 e. The maximum absolute atomic E-state index is 12.8. The van der Waals surface area contributed by atoms with E-state index >= 15 is 0 Å². The summed E-state index contributed by atoms with van der Waals surface area (Å²) in [5.74, 6) is -0.485. The van der Waals surface area contributed by atoms with Crippen molar-refractivity contribution in [3.8, 4) is 0 Å². The summed E-state index contributed by atoms with van der Waals surface area (Å²) >= 11 is 8.69. The molecule has 0 aliphatic rings. The molecule has 1 rings (SSSR count). The lowest BCUT2D eigenvalue weighted by Gasteiger charge is -2.00. The first-order chi connectivity index (χ1) is 5.15. The van der Waals surface area contributed by atoms with Crippen LogP contribution < -0.4 is 0 Å². The molecule has 1 aromatic rings. The van der Waals surface area contributed by atoms with Crippen LogP contribution in [0.15, 0.2) is 16.6 Å². The van der Waals surface area contributed by atoms with Gasteiger partial charge in [-0.15, -0.1) is 0 Å². The molecule has 0 heterocycles. The molecule has 0 radical (unpaired) electrons. The molecule has 60 valence electrons. The summed E-state index contributed by atoms with van der Waals surface area (Å²) in [5.41, 5.74) is 0.237. The van der Waals surface area contributed by atoms with Crippen molar-refractivity contribution >= 4 is 27.5 Å². The second kappa shape index (κ2) is 3.52. The van der Waals surface area contributed by atoms with Crippen molar-refractivity contribution in [1.29, 1.82) is 0 Å². The second-order valence-electron chi connectivity index (χ2n) is 2.02. The zero-order chi connectivity index (χ0) is 8.43. The summed E-state index contributed by atoms with van der Waals surface area (Å²) in [6.07, 6.45) is 0. The Bertz CT molecular complexity index is 277. The van der Waals surface area contributed by atoms with Gasteiger partial charge in [-0.1, -0.05) is 11.6 Å². The van der Waals surface area contributed by atoms with E-state index in [1.807, 2.05) is 0 Å². The topological polar surface area (TPSA) is 20.2 Å². The van der Waals surface area contributed by atoms with Gasteiger partial charge in [0.1, 0.15) is 5.82 Å². The standard InChI is InChI=1S/C7H5BrClFO/c8-5-1-4(3-11)7(10)2-6(5)9/h1-2,11H,3H2. The molecule has 0 amide bonds. The number of hydrogen-bond donors (Lipinski definition) is 1. The molecule has 0 saturated carbocycles. The third-order valence-electron chi connectivity index (χ3n) is 1.26. The second-order valence-corrected chi connectivity index (χ2v) is 3.28. The van der Waals surface area contributed by atoms with E-state index in [1.54, 1.807) is 0 Å². The molecule has 0 aliphatic heterocycles. The van der Waals surface area contributed by atoms with E-state index in [9.17, 15) is 4.39 Å². The van der Waals surface area contributed by atoms with Crippen LogP contribution in [0.5, 0.6) is 0 Å². The SMILES string of the molecule is OCc1cc(Br)c(Cl)cc1F. The van der Waals surface area contributed by atoms with E-state index in [0.29, 0.717) is 9.50 Å². The number of rotatable bonds is 1. The molecular weight excluding hydrogens is 234 g/mol. The summed E-state index contributed by atoms with van der Waals surface area (Å²) < 4.78 is 13.4. The van der Waals surface area contributed by atoms with E-state index in [1.165, 1.54) is 6.07 Å². The third kappa shape index (κ3) is 1.92. The Balaban J connectivity index is 3.21. The molecular formula is C7H5BrClFO. The van der Waals surface area contributed by atoms with Crippen molar-refractivity contribution < 1.29 is 9.50 Å². The first kappa shape index (κ1) is 8.97. The van der Waals surface area contributed by atoms with Crippen molar-refractivity contribution in [3.05, 3.63) is 33.0 Å². The molecule has 4 heteroatoms. The molecule has 0 spiro atoms. The normalized spacial score (nSPS) is 10.2. The minimum absolute atomic E-state index is 0.237. The van der Waals surface area contributed by atoms with Crippen LogP contribution >= 0.6 is 27.5 Å². The van der Waals surface area contributed by atoms with E-state index in [0.717, 1.165) is 6.07 Å². The maximum atomic E-state index is 12.8. The molecule has 1 nitrogen and oxygen atoms in total. The van der Waals surface area contributed by atoms with Crippen LogP contribution in [0.2, 0.25) is 5.02 Å². The summed E-state index contributed by atoms with van der Waals surface area (Å²) in [7, 11) is 0. The average Bonchev–Trinajstić information content (AvgIpc) is 1.97. The highest BCUT2D eigenvalue weighted by Crippen LogP contribution is 2.25. The molecule has 0 aliphatic carbocycles. The predicted octanol–water partition coefficient (Wildman–Crippen LogP) is 2.73. The Kier molecular flexibility index (Phi) is 2.87. The van der Waals surface area contributed by atoms with Crippen molar-refractivity contribution in [2.24, 2.45) is 0 Å². The molecule has 0 atom stereocenters. The molecule has 1 N–H and O–H groups in total. The highest BCUT2D eigenvalue weighted by molar-refractivity contribution is 9.10. The summed E-state index contributed by atoms with van der Waals surface area (Å²) in [5, 5.41) is 8.94. The fourth-order valence-corrected chi connectivity index (χ4v) is 1.23. The van der Waals surface area contributed by atoms with Crippen LogP contribution in [0.3, 0.4) is 0 Å². The van der Waals surface area contributed by atoms with E-state index in [2.05, 4.69) is 15.9 Å². The number of hydrogen-bond acceptors (Lipinski definition) is 1. The van der Waals surface area contributed by atoms with Crippen LogP contribution in [0.1, 0.15) is 5.56 Å². The quantitative estimate of drug-likeness (QED) is 0.747. The minimum atomic E-state index is -0.485. The first-order valence-electron chi connectivity index (χ1n) is 2.89. The van der Waals surface area contributed by atoms with Gasteiger partial charge in [0.15, 0.2) is 0 Å². The van der Waals surface area contributed by atoms with Crippen LogP contribution in [-0.4, -0.2) is 5.11 Å². The Morgan fingerprint density at radius 3 is 2.73 bits per heavy atom. The molecule has 11 heavy (non-hydrogen) atoms. The highest BCUT2D eigenvalue weighted by Gasteiger charge is 2.04. The van der Waals surface area contributed by atoms with Crippen molar-refractivity contribution in [2.45, 2.75) is 6.61 Å². The van der Waals surface area contributed by atoms with Gasteiger partial charge in [0.25, 0.3) is 0 Å². The maximum Gasteiger partial charge on any atom is 0.130 e. The van der Waals surface area contributed by atoms with Crippen LogP contribution in [-0.2, 0) is 6.61 Å². The number of aliphatic hydroxyl groups is 1. The monoisotopic (exact) mass is 238 g/mol. The number of halogens is 3. The Hall–Kier alpha value is -0.120. The van der Waals surface area contributed by atoms with E-state index < -0.39 is 5.82 Å². The smallest absolute Gasteiger partial charge is 0.130 e. The fraction of sp³-hybridized carbons (Fsp3) is 0.143. The molecule has 1 aromatic carbocycles. The molecule has 0 aromatic heterocycles. The fourth-order valence-electron chi connectivity index (χ4n) is 0.685. The summed E-state index contributed by atoms with van der Waals surface area (Å²) in [6.45, 7) is -0.318. The summed E-state index contributed by atoms with van der Waals surface area (Å²) in [6, 6.07) is 2.62. The van der Waals surface area contributed by atoms with Gasteiger partial charge in [0, 0.05) is 10.0 Å². The van der Waals surface area contributed by atoms with Crippen molar-refractivity contribution in [1.82, 2.24) is 0 Å². The van der Waals surface area contributed by atoms with Gasteiger partial charge in [-0.2, -0.15) is 0 Å². The van der Waals surface area contributed by atoms with Gasteiger partial charge in [0.05, 0.1) is 11.6 Å². The first-order valence-corrected chi connectivity index (χ1v) is 4.06. The largest absolute Gasteiger partial charge is 0.392 e. The molecule has 0 bridgehead atoms. The third-order valence-corrected chi connectivity index (χ3v) is 2.46. The molecule has 0 saturated heterocycles. The van der Waals surface area contributed by atoms with E-state index in [4.69, 9.17) is 16.7 Å². The van der Waals surface area contributed by atoms with Crippen LogP contribution in [0.25, 0.3) is 0 Å². The zero-order valence-corrected chi connectivity index (χ0v) is 7.78. The van der Waals surface area contributed by atoms with Crippen LogP contribution in [0, 0.1) is 5.82 Å². The molecule has 0 unspecified atom stereocenters. The van der Waals surface area contributed by atoms with Gasteiger partial charge in [-0.25, -0.2) is 4.39 Å². The Morgan fingerprint density at radius 2 is 2.18 bits per heavy atom. The number of benzene rings is 1. The zero-order valence-electron chi connectivity index (χ0n) is 5.44. The summed E-state index contributed by atoms with van der Waals surface area (Å²) in [4.78, 5) is 0. The van der Waals surface area contributed by atoms with Crippen molar-refractivity contribution in [3.63, 3.8) is 0 Å². The molecule has 0 fully saturated rings. The number of aliphatic hydroxyl groups excluding tert-OH is 1. The van der Waals surface area contributed by atoms with Gasteiger partial charge in [-0.05, 0) is 28.1 Å². The van der Waals surface area contributed by atoms with E-state index in [-0.39, 0.29) is 12.2 Å². The van der Waals surface area contributed by atoms with Gasteiger partial charge >= 0.3 is 0 Å². The Labute approximate surface area is 76.9 Å². The van der Waals surface area contributed by atoms with Crippen molar-refractivity contribution in [2.75, 3.05) is 0 Å². The Morgan fingerprint density at radius 1 is 1.55 bits per heavy atom. The van der Waals surface area contributed by atoms with Gasteiger partial charge < -0.3 is 5.11 Å². The van der Waals surface area contributed by atoms with Crippen LogP contribution in [0.4, 0.5) is 4.39 Å². The van der Waals surface area contributed by atoms with Gasteiger partial charge in [0.2, 0.25) is 0 Å². The lowest BCUT2D eigenvalue weighted by atomic mass is 10.2.